The fraction of sp³-hybridized carbons (Fsp3) is 0.833. The van der Waals surface area contributed by atoms with Gasteiger partial charge in [0.1, 0.15) is 0 Å². The second-order valence-corrected chi connectivity index (χ2v) is 5.47. The highest BCUT2D eigenvalue weighted by molar-refractivity contribution is 5.99. The lowest BCUT2D eigenvalue weighted by molar-refractivity contribution is -0.147. The molecular formula is C12H21NO2. The SMILES string of the molecule is CC(C)C1C(=O)NC(=O)CC1(C)C(C)C. The molecule has 0 spiro atoms. The standard InChI is InChI=1S/C12H21NO2/c1-7(2)10-11(15)13-9(14)6-12(10,5)8(3)4/h7-8,10H,6H2,1-5H3,(H,13,14,15). The van der Waals surface area contributed by atoms with Crippen molar-refractivity contribution in [2.24, 2.45) is 23.2 Å². The summed E-state index contributed by atoms with van der Waals surface area (Å²) in [5, 5.41) is 2.44. The van der Waals surface area contributed by atoms with Gasteiger partial charge in [-0.1, -0.05) is 34.6 Å². The highest BCUT2D eigenvalue weighted by Gasteiger charge is 2.48. The molecular weight excluding hydrogens is 190 g/mol. The van der Waals surface area contributed by atoms with E-state index in [1.165, 1.54) is 0 Å². The van der Waals surface area contributed by atoms with Gasteiger partial charge in [0.15, 0.2) is 0 Å². The van der Waals surface area contributed by atoms with E-state index in [0.29, 0.717) is 12.3 Å². The molecule has 1 aliphatic rings. The zero-order chi connectivity index (χ0) is 11.8. The number of piperidine rings is 1. The largest absolute Gasteiger partial charge is 0.296 e. The van der Waals surface area contributed by atoms with Crippen LogP contribution in [0.2, 0.25) is 0 Å². The van der Waals surface area contributed by atoms with Crippen molar-refractivity contribution in [2.75, 3.05) is 0 Å². The fourth-order valence-corrected chi connectivity index (χ4v) is 2.64. The Labute approximate surface area is 91.6 Å². The molecule has 1 heterocycles. The molecule has 2 atom stereocenters. The van der Waals surface area contributed by atoms with E-state index in [1.54, 1.807) is 0 Å². The summed E-state index contributed by atoms with van der Waals surface area (Å²) < 4.78 is 0. The minimum atomic E-state index is -0.201. The summed E-state index contributed by atoms with van der Waals surface area (Å²) in [5.41, 5.74) is -0.201. The molecule has 3 heteroatoms. The highest BCUT2D eigenvalue weighted by atomic mass is 16.2. The van der Waals surface area contributed by atoms with E-state index in [9.17, 15) is 9.59 Å². The van der Waals surface area contributed by atoms with Gasteiger partial charge in [-0.05, 0) is 17.3 Å². The summed E-state index contributed by atoms with van der Waals surface area (Å²) in [6.45, 7) is 10.3. The van der Waals surface area contributed by atoms with Crippen molar-refractivity contribution in [1.29, 1.82) is 0 Å². The number of amides is 2. The Morgan fingerprint density at radius 2 is 1.80 bits per heavy atom. The van der Waals surface area contributed by atoms with Gasteiger partial charge in [-0.3, -0.25) is 14.9 Å². The molecule has 1 fully saturated rings. The number of hydrogen-bond donors (Lipinski definition) is 1. The van der Waals surface area contributed by atoms with Gasteiger partial charge in [0.25, 0.3) is 0 Å². The van der Waals surface area contributed by atoms with Crippen LogP contribution < -0.4 is 5.32 Å². The summed E-state index contributed by atoms with van der Waals surface area (Å²) in [6.07, 6.45) is 0.458. The Bertz CT molecular complexity index is 283. The van der Waals surface area contributed by atoms with Crippen molar-refractivity contribution in [2.45, 2.75) is 41.0 Å². The number of imide groups is 1. The van der Waals surface area contributed by atoms with Crippen LogP contribution in [0.4, 0.5) is 0 Å². The molecule has 0 aromatic heterocycles. The van der Waals surface area contributed by atoms with Crippen LogP contribution in [0.25, 0.3) is 0 Å². The van der Waals surface area contributed by atoms with Crippen molar-refractivity contribution in [3.8, 4) is 0 Å². The van der Waals surface area contributed by atoms with E-state index in [1.807, 2.05) is 13.8 Å². The summed E-state index contributed by atoms with van der Waals surface area (Å²) in [4.78, 5) is 23.3. The molecule has 1 N–H and O–H groups in total. The van der Waals surface area contributed by atoms with Crippen LogP contribution in [0.3, 0.4) is 0 Å². The third-order valence-electron chi connectivity index (χ3n) is 3.78. The Kier molecular flexibility index (Phi) is 3.22. The topological polar surface area (TPSA) is 46.2 Å². The molecule has 1 rings (SSSR count). The van der Waals surface area contributed by atoms with Crippen LogP contribution in [-0.4, -0.2) is 11.8 Å². The smallest absolute Gasteiger partial charge is 0.230 e. The predicted octanol–water partition coefficient (Wildman–Crippen LogP) is 1.97. The minimum absolute atomic E-state index is 0.0600. The van der Waals surface area contributed by atoms with E-state index in [2.05, 4.69) is 26.1 Å². The molecule has 0 aliphatic carbocycles. The van der Waals surface area contributed by atoms with E-state index < -0.39 is 0 Å². The van der Waals surface area contributed by atoms with Crippen LogP contribution >= 0.6 is 0 Å². The van der Waals surface area contributed by atoms with Crippen LogP contribution in [0.1, 0.15) is 41.0 Å². The van der Waals surface area contributed by atoms with Gasteiger partial charge in [-0.2, -0.15) is 0 Å². The van der Waals surface area contributed by atoms with Crippen molar-refractivity contribution in [3.63, 3.8) is 0 Å². The van der Waals surface area contributed by atoms with E-state index in [4.69, 9.17) is 0 Å². The molecule has 0 radical (unpaired) electrons. The minimum Gasteiger partial charge on any atom is -0.296 e. The zero-order valence-corrected chi connectivity index (χ0v) is 10.3. The normalized spacial score (nSPS) is 32.3. The molecule has 1 aliphatic heterocycles. The lowest BCUT2D eigenvalue weighted by atomic mass is 9.61. The first kappa shape index (κ1) is 12.2. The maximum absolute atomic E-state index is 11.8. The van der Waals surface area contributed by atoms with E-state index in [-0.39, 0.29) is 29.1 Å². The van der Waals surface area contributed by atoms with Crippen LogP contribution in [0, 0.1) is 23.2 Å². The summed E-state index contributed by atoms with van der Waals surface area (Å²) >= 11 is 0. The third kappa shape index (κ3) is 2.06. The van der Waals surface area contributed by atoms with Gasteiger partial charge in [-0.25, -0.2) is 0 Å². The summed E-state index contributed by atoms with van der Waals surface area (Å²) in [6, 6.07) is 0. The molecule has 15 heavy (non-hydrogen) atoms. The Balaban J connectivity index is 3.07. The van der Waals surface area contributed by atoms with Gasteiger partial charge >= 0.3 is 0 Å². The number of carbonyl (C=O) groups is 2. The zero-order valence-electron chi connectivity index (χ0n) is 10.3. The van der Waals surface area contributed by atoms with Crippen LogP contribution in [0.5, 0.6) is 0 Å². The third-order valence-corrected chi connectivity index (χ3v) is 3.78. The quantitative estimate of drug-likeness (QED) is 0.710. The number of carbonyl (C=O) groups excluding carboxylic acids is 2. The first-order valence-corrected chi connectivity index (χ1v) is 5.62. The number of nitrogens with one attached hydrogen (secondary N) is 1. The fourth-order valence-electron chi connectivity index (χ4n) is 2.64. The lowest BCUT2D eigenvalue weighted by Crippen LogP contribution is -2.54. The Hall–Kier alpha value is -0.860. The maximum Gasteiger partial charge on any atom is 0.230 e. The van der Waals surface area contributed by atoms with Crippen molar-refractivity contribution in [1.82, 2.24) is 5.32 Å². The molecule has 86 valence electrons. The molecule has 0 aromatic rings. The van der Waals surface area contributed by atoms with Crippen molar-refractivity contribution in [3.05, 3.63) is 0 Å². The highest BCUT2D eigenvalue weighted by Crippen LogP contribution is 2.44. The molecule has 2 amide bonds. The first-order valence-electron chi connectivity index (χ1n) is 5.62. The summed E-state index contributed by atoms with van der Waals surface area (Å²) in [7, 11) is 0. The van der Waals surface area contributed by atoms with Gasteiger partial charge in [-0.15, -0.1) is 0 Å². The second kappa shape index (κ2) is 3.95. The molecule has 1 saturated heterocycles. The van der Waals surface area contributed by atoms with Gasteiger partial charge in [0, 0.05) is 12.3 Å². The maximum atomic E-state index is 11.8. The van der Waals surface area contributed by atoms with Gasteiger partial charge in [0.2, 0.25) is 11.8 Å². The molecule has 2 unspecified atom stereocenters. The van der Waals surface area contributed by atoms with Crippen LogP contribution in [-0.2, 0) is 9.59 Å². The average molecular weight is 211 g/mol. The Morgan fingerprint density at radius 1 is 1.27 bits per heavy atom. The molecule has 0 aromatic carbocycles. The monoisotopic (exact) mass is 211 g/mol. The van der Waals surface area contributed by atoms with E-state index >= 15 is 0 Å². The van der Waals surface area contributed by atoms with Crippen LogP contribution in [0.15, 0.2) is 0 Å². The van der Waals surface area contributed by atoms with Gasteiger partial charge in [0.05, 0.1) is 0 Å². The van der Waals surface area contributed by atoms with E-state index in [0.717, 1.165) is 0 Å². The summed E-state index contributed by atoms with van der Waals surface area (Å²) in [5.74, 6) is 0.311. The Morgan fingerprint density at radius 3 is 2.20 bits per heavy atom. The first-order chi connectivity index (χ1) is 6.79. The van der Waals surface area contributed by atoms with Crippen molar-refractivity contribution >= 4 is 11.8 Å². The van der Waals surface area contributed by atoms with Gasteiger partial charge < -0.3 is 0 Å². The molecule has 0 bridgehead atoms. The second-order valence-electron chi connectivity index (χ2n) is 5.47. The number of hydrogen-bond acceptors (Lipinski definition) is 2. The number of rotatable bonds is 2. The predicted molar refractivity (Wildman–Crippen MR) is 59.0 cm³/mol. The lowest BCUT2D eigenvalue weighted by Gasteiger charge is -2.44. The van der Waals surface area contributed by atoms with Crippen molar-refractivity contribution < 1.29 is 9.59 Å². The molecule has 0 saturated carbocycles. The average Bonchev–Trinajstić information content (AvgIpc) is 2.00. The molecule has 3 nitrogen and oxygen atoms in total.